The van der Waals surface area contributed by atoms with Gasteiger partial charge in [0.05, 0.1) is 12.0 Å². The molecule has 1 heterocycles. The molecule has 1 aliphatic carbocycles. The van der Waals surface area contributed by atoms with Crippen LogP contribution in [0.15, 0.2) is 24.3 Å². The van der Waals surface area contributed by atoms with Crippen LogP contribution in [0, 0.1) is 19.8 Å². The molecule has 0 spiro atoms. The Morgan fingerprint density at radius 2 is 1.93 bits per heavy atom. The van der Waals surface area contributed by atoms with Gasteiger partial charge in [-0.2, -0.15) is 0 Å². The second-order valence-electron chi connectivity index (χ2n) is 4.12. The van der Waals surface area contributed by atoms with Crippen molar-refractivity contribution in [2.24, 2.45) is 5.92 Å². The Morgan fingerprint density at radius 1 is 1.33 bits per heavy atom. The molecule has 2 rings (SSSR count). The summed E-state index contributed by atoms with van der Waals surface area (Å²) in [6.45, 7) is 4.10. The van der Waals surface area contributed by atoms with Crippen LogP contribution in [0.1, 0.15) is 23.9 Å². The zero-order valence-electron chi connectivity index (χ0n) is 8.97. The lowest BCUT2D eigenvalue weighted by atomic mass is 10.1. The number of nitrogens with zero attached hydrogens (tertiary/aromatic N) is 1. The van der Waals surface area contributed by atoms with Crippen molar-refractivity contribution in [2.75, 3.05) is 0 Å². The average Bonchev–Trinajstić information content (AvgIpc) is 2.73. The first-order chi connectivity index (χ1) is 7.09. The minimum absolute atomic E-state index is 0.209. The van der Waals surface area contributed by atoms with Gasteiger partial charge in [-0.05, 0) is 32.4 Å². The van der Waals surface area contributed by atoms with Gasteiger partial charge >= 0.3 is 5.97 Å². The summed E-state index contributed by atoms with van der Waals surface area (Å²) in [5.41, 5.74) is 2.38. The molecule has 0 aromatic carbocycles. The predicted octanol–water partition coefficient (Wildman–Crippen LogP) is 2.31. The van der Waals surface area contributed by atoms with E-state index in [1.165, 1.54) is 11.4 Å². The summed E-state index contributed by atoms with van der Waals surface area (Å²) >= 11 is 0. The Hall–Kier alpha value is -1.51. The molecule has 0 aliphatic heterocycles. The molecular formula is C12H15NO2. The number of carboxylic acid groups (broad SMARTS) is 1. The number of allylic oxidation sites excluding steroid dienone is 1. The summed E-state index contributed by atoms with van der Waals surface area (Å²) in [5, 5.41) is 8.91. The molecule has 1 aromatic rings. The number of aryl methyl sites for hydroxylation is 2. The van der Waals surface area contributed by atoms with Gasteiger partial charge in [0.2, 0.25) is 0 Å². The van der Waals surface area contributed by atoms with Crippen LogP contribution in [0.3, 0.4) is 0 Å². The van der Waals surface area contributed by atoms with Crippen LogP contribution in [0.25, 0.3) is 0 Å². The molecule has 0 fully saturated rings. The maximum absolute atomic E-state index is 10.8. The zero-order valence-corrected chi connectivity index (χ0v) is 8.97. The number of aromatic nitrogens is 1. The summed E-state index contributed by atoms with van der Waals surface area (Å²) in [6, 6.07) is 4.34. The van der Waals surface area contributed by atoms with E-state index in [-0.39, 0.29) is 12.0 Å². The number of rotatable bonds is 2. The van der Waals surface area contributed by atoms with E-state index in [4.69, 9.17) is 5.11 Å². The normalized spacial score (nSPS) is 24.7. The molecule has 3 heteroatoms. The van der Waals surface area contributed by atoms with Crippen LogP contribution >= 0.6 is 0 Å². The fourth-order valence-corrected chi connectivity index (χ4v) is 2.26. The van der Waals surface area contributed by atoms with Gasteiger partial charge in [-0.15, -0.1) is 0 Å². The van der Waals surface area contributed by atoms with E-state index in [1.807, 2.05) is 6.08 Å². The van der Waals surface area contributed by atoms with E-state index in [0.29, 0.717) is 6.42 Å². The number of carboxylic acids is 1. The molecule has 0 saturated carbocycles. The summed E-state index contributed by atoms with van der Waals surface area (Å²) in [5.74, 6) is -1.05. The molecule has 0 saturated heterocycles. The van der Waals surface area contributed by atoms with E-state index in [2.05, 4.69) is 30.5 Å². The van der Waals surface area contributed by atoms with E-state index < -0.39 is 5.97 Å². The van der Waals surface area contributed by atoms with Gasteiger partial charge in [0.25, 0.3) is 0 Å². The molecule has 0 bridgehead atoms. The monoisotopic (exact) mass is 205 g/mol. The highest BCUT2D eigenvalue weighted by Gasteiger charge is 2.26. The first-order valence-electron chi connectivity index (χ1n) is 5.15. The second kappa shape index (κ2) is 3.57. The Balaban J connectivity index is 2.22. The topological polar surface area (TPSA) is 42.2 Å². The number of hydrogen-bond acceptors (Lipinski definition) is 1. The van der Waals surface area contributed by atoms with Crippen molar-refractivity contribution in [3.63, 3.8) is 0 Å². The molecule has 0 amide bonds. The summed E-state index contributed by atoms with van der Waals surface area (Å²) in [6.07, 6.45) is 4.47. The van der Waals surface area contributed by atoms with Crippen LogP contribution in [0.5, 0.6) is 0 Å². The molecule has 1 aliphatic rings. The van der Waals surface area contributed by atoms with Gasteiger partial charge in [0, 0.05) is 11.4 Å². The average molecular weight is 205 g/mol. The fraction of sp³-hybridized carbons (Fsp3) is 0.417. The van der Waals surface area contributed by atoms with E-state index in [0.717, 1.165) is 0 Å². The van der Waals surface area contributed by atoms with Crippen LogP contribution in [0.4, 0.5) is 0 Å². The highest BCUT2D eigenvalue weighted by atomic mass is 16.4. The maximum atomic E-state index is 10.8. The quantitative estimate of drug-likeness (QED) is 0.753. The van der Waals surface area contributed by atoms with E-state index in [1.54, 1.807) is 6.08 Å². The summed E-state index contributed by atoms with van der Waals surface area (Å²) < 4.78 is 2.19. The maximum Gasteiger partial charge on any atom is 0.310 e. The lowest BCUT2D eigenvalue weighted by Crippen LogP contribution is -2.13. The number of aliphatic carboxylic acids is 1. The smallest absolute Gasteiger partial charge is 0.310 e. The third-order valence-corrected chi connectivity index (χ3v) is 3.04. The zero-order chi connectivity index (χ0) is 11.0. The third-order valence-electron chi connectivity index (χ3n) is 3.04. The molecule has 80 valence electrons. The Kier molecular flexibility index (Phi) is 2.39. The van der Waals surface area contributed by atoms with Crippen molar-refractivity contribution >= 4 is 5.97 Å². The van der Waals surface area contributed by atoms with Gasteiger partial charge in [-0.25, -0.2) is 0 Å². The third kappa shape index (κ3) is 1.69. The van der Waals surface area contributed by atoms with Crippen molar-refractivity contribution in [3.8, 4) is 0 Å². The minimum Gasteiger partial charge on any atom is -0.481 e. The Morgan fingerprint density at radius 3 is 2.40 bits per heavy atom. The molecule has 2 atom stereocenters. The van der Waals surface area contributed by atoms with Gasteiger partial charge in [-0.1, -0.05) is 12.2 Å². The largest absolute Gasteiger partial charge is 0.481 e. The molecule has 3 nitrogen and oxygen atoms in total. The first-order valence-corrected chi connectivity index (χ1v) is 5.15. The lowest BCUT2D eigenvalue weighted by molar-refractivity contribution is -0.140. The van der Waals surface area contributed by atoms with Gasteiger partial charge in [0.15, 0.2) is 0 Å². The van der Waals surface area contributed by atoms with Crippen molar-refractivity contribution in [2.45, 2.75) is 26.3 Å². The molecular weight excluding hydrogens is 190 g/mol. The number of hydrogen-bond donors (Lipinski definition) is 1. The first kappa shape index (κ1) is 10.0. The van der Waals surface area contributed by atoms with Gasteiger partial charge in [-0.3, -0.25) is 4.79 Å². The summed E-state index contributed by atoms with van der Waals surface area (Å²) in [4.78, 5) is 10.8. The molecule has 2 unspecified atom stereocenters. The van der Waals surface area contributed by atoms with Crippen molar-refractivity contribution in [1.29, 1.82) is 0 Å². The second-order valence-corrected chi connectivity index (χ2v) is 4.12. The van der Waals surface area contributed by atoms with E-state index in [9.17, 15) is 4.79 Å². The van der Waals surface area contributed by atoms with E-state index >= 15 is 0 Å². The lowest BCUT2D eigenvalue weighted by Gasteiger charge is -2.16. The summed E-state index contributed by atoms with van der Waals surface area (Å²) in [7, 11) is 0. The highest BCUT2D eigenvalue weighted by molar-refractivity contribution is 5.72. The number of carbonyl (C=O) groups is 1. The molecule has 1 N–H and O–H groups in total. The van der Waals surface area contributed by atoms with Crippen molar-refractivity contribution in [1.82, 2.24) is 4.57 Å². The van der Waals surface area contributed by atoms with Crippen LogP contribution < -0.4 is 0 Å². The van der Waals surface area contributed by atoms with Gasteiger partial charge in [0.1, 0.15) is 0 Å². The standard InChI is InChI=1S/C12H15NO2/c1-8-3-4-9(2)13(8)11-6-5-10(7-11)12(14)15/h3-6,10-11H,7H2,1-2H3,(H,14,15). The Labute approximate surface area is 89.0 Å². The van der Waals surface area contributed by atoms with Crippen LogP contribution in [-0.4, -0.2) is 15.6 Å². The Bertz CT molecular complexity index is 398. The minimum atomic E-state index is -0.726. The van der Waals surface area contributed by atoms with Gasteiger partial charge < -0.3 is 9.67 Å². The van der Waals surface area contributed by atoms with Crippen molar-refractivity contribution in [3.05, 3.63) is 35.7 Å². The van der Waals surface area contributed by atoms with Crippen molar-refractivity contribution < 1.29 is 9.90 Å². The van der Waals surface area contributed by atoms with Crippen LogP contribution in [-0.2, 0) is 4.79 Å². The SMILES string of the molecule is Cc1ccc(C)n1C1C=CC(C(=O)O)C1. The molecule has 15 heavy (non-hydrogen) atoms. The predicted molar refractivity (Wildman–Crippen MR) is 57.8 cm³/mol. The van der Waals surface area contributed by atoms with Crippen LogP contribution in [0.2, 0.25) is 0 Å². The highest BCUT2D eigenvalue weighted by Crippen LogP contribution is 2.30. The molecule has 0 radical (unpaired) electrons. The fourth-order valence-electron chi connectivity index (χ4n) is 2.26. The molecule has 1 aromatic heterocycles.